The number of aliphatic carboxylic acids is 1. The van der Waals surface area contributed by atoms with Gasteiger partial charge in [-0.1, -0.05) is 77.9 Å². The fraction of sp³-hybridized carbons (Fsp3) is 0.889. The van der Waals surface area contributed by atoms with Gasteiger partial charge in [-0.3, -0.25) is 4.79 Å². The maximum Gasteiger partial charge on any atom is 0.335 e. The van der Waals surface area contributed by atoms with Crippen LogP contribution in [0.1, 0.15) is 74.1 Å². The Balaban J connectivity index is 0. The van der Waals surface area contributed by atoms with Gasteiger partial charge in [0.05, 0.1) is 13.0 Å². The van der Waals surface area contributed by atoms with Crippen LogP contribution >= 0.6 is 0 Å². The first-order valence-corrected chi connectivity index (χ1v) is 11.1. The van der Waals surface area contributed by atoms with E-state index in [1.54, 1.807) is 0 Å². The Morgan fingerprint density at radius 2 is 1.42 bits per heavy atom. The lowest BCUT2D eigenvalue weighted by Gasteiger charge is -2.26. The Morgan fingerprint density at radius 3 is 1.71 bits per heavy atom. The van der Waals surface area contributed by atoms with Crippen LogP contribution in [0, 0.1) is 0 Å². The van der Waals surface area contributed by atoms with Gasteiger partial charge >= 0.3 is 11.9 Å². The van der Waals surface area contributed by atoms with Gasteiger partial charge in [0.25, 0.3) is 0 Å². The highest BCUT2D eigenvalue weighted by Gasteiger charge is 2.22. The number of carbonyl (C=O) groups excluding carboxylic acids is 1. The van der Waals surface area contributed by atoms with E-state index in [1.807, 2.05) is 6.92 Å². The molecule has 0 amide bonds. The Morgan fingerprint density at radius 1 is 0.958 bits per heavy atom. The molecule has 1 atom stereocenters. The fourth-order valence-electron chi connectivity index (χ4n) is 3.18. The van der Waals surface area contributed by atoms with Crippen LogP contribution in [0.2, 0.25) is 16.6 Å². The summed E-state index contributed by atoms with van der Waals surface area (Å²) in [7, 11) is -0.454. The zero-order valence-corrected chi connectivity index (χ0v) is 17.7. The molecule has 0 bridgehead atoms. The third-order valence-corrected chi connectivity index (χ3v) is 8.56. The van der Waals surface area contributed by atoms with Crippen molar-refractivity contribution in [2.75, 3.05) is 6.61 Å². The number of rotatable bonds is 10. The standard InChI is InChI=1S/C9H16O5.C9H22Si/c1-2-3-4-5-14-9(13)7(10)6-8(11)12;1-7(2)10(8(3)4)9(5)6/h7,10H,2-6H2,1H3,(H,11,12);7-10H,1-6H3. The quantitative estimate of drug-likeness (QED) is 0.349. The van der Waals surface area contributed by atoms with Crippen LogP contribution in [0.4, 0.5) is 0 Å². The van der Waals surface area contributed by atoms with E-state index >= 15 is 0 Å². The first-order valence-electron chi connectivity index (χ1n) is 9.10. The summed E-state index contributed by atoms with van der Waals surface area (Å²) in [5.74, 6) is -2.08. The molecule has 144 valence electrons. The van der Waals surface area contributed by atoms with Crippen molar-refractivity contribution in [1.82, 2.24) is 0 Å². The third-order valence-electron chi connectivity index (χ3n) is 3.94. The second-order valence-corrected chi connectivity index (χ2v) is 12.5. The molecule has 0 radical (unpaired) electrons. The van der Waals surface area contributed by atoms with Crippen molar-refractivity contribution in [2.24, 2.45) is 0 Å². The summed E-state index contributed by atoms with van der Waals surface area (Å²) in [5.41, 5.74) is 2.92. The number of unbranched alkanes of at least 4 members (excludes halogenated alkanes) is 2. The first-order chi connectivity index (χ1) is 11.0. The topological polar surface area (TPSA) is 83.8 Å². The zero-order valence-electron chi connectivity index (χ0n) is 16.5. The lowest BCUT2D eigenvalue weighted by Crippen LogP contribution is -2.26. The van der Waals surface area contributed by atoms with Crippen molar-refractivity contribution in [3.63, 3.8) is 0 Å². The predicted molar refractivity (Wildman–Crippen MR) is 101 cm³/mol. The van der Waals surface area contributed by atoms with Gasteiger partial charge in [-0.15, -0.1) is 0 Å². The van der Waals surface area contributed by atoms with Crippen LogP contribution in [0.25, 0.3) is 0 Å². The predicted octanol–water partition coefficient (Wildman–Crippen LogP) is 4.00. The molecule has 0 saturated carbocycles. The first kappa shape index (κ1) is 25.4. The van der Waals surface area contributed by atoms with Gasteiger partial charge in [0.2, 0.25) is 0 Å². The smallest absolute Gasteiger partial charge is 0.335 e. The van der Waals surface area contributed by atoms with Crippen molar-refractivity contribution in [1.29, 1.82) is 0 Å². The summed E-state index contributed by atoms with van der Waals surface area (Å²) in [6.45, 7) is 16.6. The molecule has 0 aromatic heterocycles. The summed E-state index contributed by atoms with van der Waals surface area (Å²) in [4.78, 5) is 21.0. The number of aliphatic hydroxyl groups excluding tert-OH is 1. The summed E-state index contributed by atoms with van der Waals surface area (Å²) in [5, 5.41) is 17.3. The molecule has 0 aromatic carbocycles. The molecule has 0 fully saturated rings. The zero-order chi connectivity index (χ0) is 19.3. The van der Waals surface area contributed by atoms with Gasteiger partial charge in [0.1, 0.15) is 0 Å². The SMILES string of the molecule is CC(C)[SiH](C(C)C)C(C)C.CCCCCOC(=O)C(O)CC(=O)O. The molecule has 0 spiro atoms. The van der Waals surface area contributed by atoms with E-state index in [9.17, 15) is 9.59 Å². The normalized spacial score (nSPS) is 12.3. The van der Waals surface area contributed by atoms with E-state index in [1.165, 1.54) is 0 Å². The lowest BCUT2D eigenvalue weighted by atomic mass is 10.2. The minimum atomic E-state index is -1.55. The molecule has 0 aliphatic heterocycles. The van der Waals surface area contributed by atoms with E-state index in [-0.39, 0.29) is 6.61 Å². The van der Waals surface area contributed by atoms with Crippen molar-refractivity contribution in [2.45, 2.75) is 96.9 Å². The molecule has 24 heavy (non-hydrogen) atoms. The van der Waals surface area contributed by atoms with E-state index in [0.717, 1.165) is 35.9 Å². The van der Waals surface area contributed by atoms with Crippen molar-refractivity contribution < 1.29 is 24.5 Å². The summed E-state index contributed by atoms with van der Waals surface area (Å²) < 4.78 is 4.65. The van der Waals surface area contributed by atoms with E-state index in [4.69, 9.17) is 10.2 Å². The van der Waals surface area contributed by atoms with E-state index in [0.29, 0.717) is 0 Å². The van der Waals surface area contributed by atoms with E-state index in [2.05, 4.69) is 46.3 Å². The monoisotopic (exact) mass is 362 g/mol. The second kappa shape index (κ2) is 14.5. The number of carboxylic acid groups (broad SMARTS) is 1. The van der Waals surface area contributed by atoms with Gasteiger partial charge in [-0.2, -0.15) is 0 Å². The van der Waals surface area contributed by atoms with Crippen LogP contribution in [-0.2, 0) is 14.3 Å². The minimum absolute atomic E-state index is 0.239. The Bertz CT molecular complexity index is 323. The molecule has 0 aliphatic rings. The fourth-order valence-corrected chi connectivity index (χ4v) is 7.80. The minimum Gasteiger partial charge on any atom is -0.481 e. The number of esters is 1. The number of carbonyl (C=O) groups is 2. The van der Waals surface area contributed by atoms with Crippen molar-refractivity contribution >= 4 is 20.7 Å². The number of aliphatic hydroxyl groups is 1. The lowest BCUT2D eigenvalue weighted by molar-refractivity contribution is -0.158. The van der Waals surface area contributed by atoms with Crippen LogP contribution < -0.4 is 0 Å². The van der Waals surface area contributed by atoms with Gasteiger partial charge < -0.3 is 14.9 Å². The summed E-state index contributed by atoms with van der Waals surface area (Å²) >= 11 is 0. The molecule has 1 unspecified atom stereocenters. The number of carboxylic acids is 1. The van der Waals surface area contributed by atoms with Gasteiger partial charge in [-0.25, -0.2) is 4.79 Å². The van der Waals surface area contributed by atoms with Gasteiger partial charge in [0, 0.05) is 8.80 Å². The maximum absolute atomic E-state index is 10.9. The second-order valence-electron chi connectivity index (χ2n) is 7.30. The highest BCUT2D eigenvalue weighted by molar-refractivity contribution is 6.63. The average Bonchev–Trinajstić information content (AvgIpc) is 2.41. The number of hydrogen-bond acceptors (Lipinski definition) is 4. The molecule has 5 nitrogen and oxygen atoms in total. The maximum atomic E-state index is 10.9. The molecule has 0 aromatic rings. The largest absolute Gasteiger partial charge is 0.481 e. The highest BCUT2D eigenvalue weighted by atomic mass is 28.3. The van der Waals surface area contributed by atoms with Crippen molar-refractivity contribution in [3.05, 3.63) is 0 Å². The third kappa shape index (κ3) is 13.5. The Kier molecular flexibility index (Phi) is 15.3. The number of hydrogen-bond donors (Lipinski definition) is 2. The van der Waals surface area contributed by atoms with Gasteiger partial charge in [-0.05, 0) is 6.42 Å². The van der Waals surface area contributed by atoms with Crippen LogP contribution in [0.3, 0.4) is 0 Å². The molecule has 2 N–H and O–H groups in total. The molecule has 0 heterocycles. The molecule has 0 rings (SSSR count). The van der Waals surface area contributed by atoms with Crippen LogP contribution in [0.5, 0.6) is 0 Å². The average molecular weight is 363 g/mol. The van der Waals surface area contributed by atoms with E-state index < -0.39 is 33.3 Å². The number of ether oxygens (including phenoxy) is 1. The molecular weight excluding hydrogens is 324 g/mol. The van der Waals surface area contributed by atoms with Crippen molar-refractivity contribution in [3.8, 4) is 0 Å². The van der Waals surface area contributed by atoms with Gasteiger partial charge in [0.15, 0.2) is 6.10 Å². The van der Waals surface area contributed by atoms with Crippen LogP contribution in [0.15, 0.2) is 0 Å². The Labute approximate surface area is 149 Å². The molecule has 0 aliphatic carbocycles. The Hall–Kier alpha value is -0.883. The molecular formula is C18H38O5Si. The molecule has 0 saturated heterocycles. The highest BCUT2D eigenvalue weighted by Crippen LogP contribution is 2.29. The molecule has 6 heteroatoms. The summed E-state index contributed by atoms with van der Waals surface area (Å²) in [6, 6.07) is 0. The van der Waals surface area contributed by atoms with Crippen LogP contribution in [-0.4, -0.2) is 43.7 Å². The summed E-state index contributed by atoms with van der Waals surface area (Å²) in [6.07, 6.45) is 0.542.